The van der Waals surface area contributed by atoms with Gasteiger partial charge in [0.25, 0.3) is 18.2 Å². The molecule has 2 N–H and O–H groups in total. The number of anilines is 2. The van der Waals surface area contributed by atoms with Gasteiger partial charge in [0.1, 0.15) is 23.2 Å². The number of amides is 4. The molecule has 1 saturated carbocycles. The minimum absolute atomic E-state index is 0.00874. The molecule has 1 unspecified atom stereocenters. The molecule has 4 amide bonds. The van der Waals surface area contributed by atoms with E-state index in [4.69, 9.17) is 14.2 Å². The summed E-state index contributed by atoms with van der Waals surface area (Å²) < 4.78 is 49.3. The van der Waals surface area contributed by atoms with Crippen molar-refractivity contribution in [3.05, 3.63) is 65.2 Å². The van der Waals surface area contributed by atoms with Crippen molar-refractivity contribution in [2.75, 3.05) is 69.4 Å². The van der Waals surface area contributed by atoms with Crippen LogP contribution < -0.4 is 20.3 Å². The summed E-state index contributed by atoms with van der Waals surface area (Å²) in [7, 11) is 0. The number of piperidine rings is 2. The van der Waals surface area contributed by atoms with Crippen LogP contribution in [-0.2, 0) is 25.6 Å². The molecule has 330 valence electrons. The van der Waals surface area contributed by atoms with E-state index < -0.39 is 30.0 Å². The van der Waals surface area contributed by atoms with Crippen molar-refractivity contribution in [2.24, 2.45) is 5.92 Å². The van der Waals surface area contributed by atoms with Crippen LogP contribution in [-0.4, -0.2) is 129 Å². The number of alkyl halides is 2. The van der Waals surface area contributed by atoms with Crippen molar-refractivity contribution < 1.29 is 42.2 Å². The van der Waals surface area contributed by atoms with Gasteiger partial charge in [-0.15, -0.1) is 0 Å². The Morgan fingerprint density at radius 3 is 2.56 bits per heavy atom. The number of halogens is 2. The fraction of sp³-hybridized carbons (Fsp3) is 0.558. The Kier molecular flexibility index (Phi) is 12.4. The summed E-state index contributed by atoms with van der Waals surface area (Å²) in [5, 5.41) is 13.5. The van der Waals surface area contributed by atoms with Gasteiger partial charge in [0.05, 0.1) is 57.0 Å². The maximum atomic E-state index is 14.2. The summed E-state index contributed by atoms with van der Waals surface area (Å²) >= 11 is 0. The van der Waals surface area contributed by atoms with E-state index >= 15 is 0 Å². The first-order valence-electron chi connectivity index (χ1n) is 21.8. The normalized spacial score (nSPS) is 22.7. The molecule has 0 bridgehead atoms. The van der Waals surface area contributed by atoms with Crippen molar-refractivity contribution in [3.8, 4) is 5.75 Å². The lowest BCUT2D eigenvalue weighted by molar-refractivity contribution is -0.136. The fourth-order valence-corrected chi connectivity index (χ4v) is 9.43. The van der Waals surface area contributed by atoms with Gasteiger partial charge >= 0.3 is 0 Å². The summed E-state index contributed by atoms with van der Waals surface area (Å²) in [6.07, 6.45) is 8.62. The maximum absolute atomic E-state index is 14.2. The minimum atomic E-state index is -2.86. The summed E-state index contributed by atoms with van der Waals surface area (Å²) in [6, 6.07) is 6.49. The summed E-state index contributed by atoms with van der Waals surface area (Å²) in [6.45, 7) is 6.67. The number of hydrogen-bond donors (Lipinski definition) is 2. The fourth-order valence-electron chi connectivity index (χ4n) is 9.43. The van der Waals surface area contributed by atoms with Crippen LogP contribution in [0, 0.1) is 5.92 Å². The van der Waals surface area contributed by atoms with E-state index in [-0.39, 0.29) is 48.2 Å². The third-order valence-corrected chi connectivity index (χ3v) is 12.8. The first-order valence-corrected chi connectivity index (χ1v) is 21.8. The molecule has 19 heteroatoms. The SMILES string of the molecule is O=C1CCC(N2Cc3c(OCCCOC4CCN(CC5CCC(n6cc(NC(=O)c7cnn8ccc(N9CCOCC9)nc78)c(C(F)F)n6)CC5)CC4)cccc3C2=O)C(=O)N1. The van der Waals surface area contributed by atoms with E-state index in [9.17, 15) is 28.0 Å². The predicted molar refractivity (Wildman–Crippen MR) is 220 cm³/mol. The van der Waals surface area contributed by atoms with E-state index in [1.54, 1.807) is 23.0 Å². The van der Waals surface area contributed by atoms with Crippen LogP contribution in [0.3, 0.4) is 0 Å². The van der Waals surface area contributed by atoms with Gasteiger partial charge in [0.2, 0.25) is 11.8 Å². The molecular formula is C43H52F2N10O7. The average Bonchev–Trinajstić information content (AvgIpc) is 4.00. The first-order chi connectivity index (χ1) is 30.2. The Labute approximate surface area is 357 Å². The highest BCUT2D eigenvalue weighted by molar-refractivity contribution is 6.08. The lowest BCUT2D eigenvalue weighted by atomic mass is 9.85. The molecule has 3 saturated heterocycles. The molecular weight excluding hydrogens is 807 g/mol. The van der Waals surface area contributed by atoms with Crippen LogP contribution >= 0.6 is 0 Å². The van der Waals surface area contributed by atoms with E-state index in [1.807, 2.05) is 12.1 Å². The zero-order chi connectivity index (χ0) is 42.7. The molecule has 1 aliphatic carbocycles. The van der Waals surface area contributed by atoms with Crippen LogP contribution in [0.2, 0.25) is 0 Å². The van der Waals surface area contributed by atoms with E-state index in [2.05, 4.69) is 35.6 Å². The Balaban J connectivity index is 0.697. The lowest BCUT2D eigenvalue weighted by Crippen LogP contribution is -2.52. The second-order valence-corrected chi connectivity index (χ2v) is 16.8. The molecule has 4 aromatic rings. The third-order valence-electron chi connectivity index (χ3n) is 12.8. The number of benzene rings is 1. The number of rotatable bonds is 14. The van der Waals surface area contributed by atoms with Gasteiger partial charge in [-0.2, -0.15) is 10.2 Å². The number of aromatic nitrogens is 5. The highest BCUT2D eigenvalue weighted by Crippen LogP contribution is 2.37. The zero-order valence-electron chi connectivity index (χ0n) is 34.6. The number of hydrogen-bond acceptors (Lipinski definition) is 12. The molecule has 4 fully saturated rings. The van der Waals surface area contributed by atoms with Crippen LogP contribution in [0.25, 0.3) is 5.65 Å². The number of likely N-dealkylation sites (tertiary alicyclic amines) is 1. The first kappa shape index (κ1) is 41.8. The molecule has 17 nitrogen and oxygen atoms in total. The van der Waals surface area contributed by atoms with Crippen LogP contribution in [0.5, 0.6) is 5.75 Å². The van der Waals surface area contributed by atoms with Crippen LogP contribution in [0.4, 0.5) is 20.3 Å². The lowest BCUT2D eigenvalue weighted by Gasteiger charge is -2.36. The topological polar surface area (TPSA) is 178 Å². The number of nitrogens with zero attached hydrogens (tertiary/aromatic N) is 8. The van der Waals surface area contributed by atoms with Gasteiger partial charge in [0.15, 0.2) is 11.3 Å². The zero-order valence-corrected chi connectivity index (χ0v) is 34.6. The molecule has 0 spiro atoms. The van der Waals surface area contributed by atoms with Gasteiger partial charge in [-0.3, -0.25) is 29.2 Å². The Hall–Kier alpha value is -5.53. The Morgan fingerprint density at radius 2 is 1.79 bits per heavy atom. The van der Waals surface area contributed by atoms with Crippen molar-refractivity contribution in [1.82, 2.24) is 39.5 Å². The van der Waals surface area contributed by atoms with E-state index in [0.717, 1.165) is 63.7 Å². The van der Waals surface area contributed by atoms with Gasteiger partial charge in [-0.1, -0.05) is 6.07 Å². The third kappa shape index (κ3) is 9.01. The molecule has 1 atom stereocenters. The van der Waals surface area contributed by atoms with Crippen molar-refractivity contribution in [3.63, 3.8) is 0 Å². The second kappa shape index (κ2) is 18.4. The van der Waals surface area contributed by atoms with Crippen LogP contribution in [0.15, 0.2) is 42.9 Å². The van der Waals surface area contributed by atoms with Crippen LogP contribution in [0.1, 0.15) is 102 Å². The van der Waals surface area contributed by atoms with Gasteiger partial charge < -0.3 is 34.2 Å². The highest BCUT2D eigenvalue weighted by atomic mass is 19.3. The number of imide groups is 1. The molecule has 1 aromatic carbocycles. The standard InChI is InChI=1S/C43H52F2N10O7/c44-39(45)38-33(47-41(57)31-23-46-54-16-13-36(48-40(31)54)52-17-21-60-22-18-52)26-55(50-38)28-7-5-27(6-8-28)24-51-14-11-29(12-15-51)61-19-2-20-62-35-4-1-3-30-32(35)25-53(43(30)59)34-9-10-37(56)49-42(34)58/h1,3-4,13,16,23,26-29,34,39H,2,5-12,14-15,17-22,24-25H2,(H,47,57)(H,49,56,58). The number of ether oxygens (including phenoxy) is 3. The second-order valence-electron chi connectivity index (χ2n) is 16.8. The van der Waals surface area contributed by atoms with Gasteiger partial charge in [-0.25, -0.2) is 18.3 Å². The molecule has 9 rings (SSSR count). The van der Waals surface area contributed by atoms with Crippen molar-refractivity contribution >= 4 is 40.8 Å². The number of carbonyl (C=O) groups excluding carboxylic acids is 4. The molecule has 62 heavy (non-hydrogen) atoms. The molecule has 0 radical (unpaired) electrons. The predicted octanol–water partition coefficient (Wildman–Crippen LogP) is 4.39. The summed E-state index contributed by atoms with van der Waals surface area (Å²) in [4.78, 5) is 61.4. The molecule has 5 aliphatic rings. The smallest absolute Gasteiger partial charge is 0.284 e. The number of carbonyl (C=O) groups is 4. The number of morpholine rings is 1. The molecule has 3 aromatic heterocycles. The van der Waals surface area contributed by atoms with Crippen molar-refractivity contribution in [1.29, 1.82) is 0 Å². The number of fused-ring (bicyclic) bond motifs is 2. The Morgan fingerprint density at radius 1 is 0.984 bits per heavy atom. The minimum Gasteiger partial charge on any atom is -0.493 e. The summed E-state index contributed by atoms with van der Waals surface area (Å²) in [5.41, 5.74) is 1.35. The monoisotopic (exact) mass is 858 g/mol. The molecule has 4 aliphatic heterocycles. The molecule has 7 heterocycles. The van der Waals surface area contributed by atoms with E-state index in [1.165, 1.54) is 21.8 Å². The van der Waals surface area contributed by atoms with Gasteiger partial charge in [0, 0.05) is 69.1 Å². The van der Waals surface area contributed by atoms with Gasteiger partial charge in [-0.05, 0) is 69.1 Å². The van der Waals surface area contributed by atoms with Crippen molar-refractivity contribution in [2.45, 2.75) is 88.9 Å². The number of nitrogens with one attached hydrogen (secondary N) is 2. The average molecular weight is 859 g/mol. The maximum Gasteiger partial charge on any atom is 0.284 e. The highest BCUT2D eigenvalue weighted by Gasteiger charge is 2.40. The Bertz CT molecular complexity index is 2280. The largest absolute Gasteiger partial charge is 0.493 e. The summed E-state index contributed by atoms with van der Waals surface area (Å²) in [5.74, 6) is 0.270. The van der Waals surface area contributed by atoms with E-state index in [0.29, 0.717) is 81.1 Å². The quantitative estimate of drug-likeness (QED) is 0.135.